The van der Waals surface area contributed by atoms with Crippen LogP contribution in [0.15, 0.2) is 18.3 Å². The zero-order valence-electron chi connectivity index (χ0n) is 8.54. The molecule has 0 aliphatic rings. The summed E-state index contributed by atoms with van der Waals surface area (Å²) in [7, 11) is 1.73. The molecular weight excluding hydrogens is 219 g/mol. The van der Waals surface area contributed by atoms with Gasteiger partial charge >= 0.3 is 6.18 Å². The highest BCUT2D eigenvalue weighted by atomic mass is 19.4. The molecule has 0 spiro atoms. The molecule has 2 heterocycles. The number of aryl methyl sites for hydroxylation is 1. The van der Waals surface area contributed by atoms with Crippen LogP contribution in [0, 0.1) is 0 Å². The second kappa shape index (κ2) is 3.48. The van der Waals surface area contributed by atoms with E-state index in [2.05, 4.69) is 4.98 Å². The van der Waals surface area contributed by atoms with Crippen molar-refractivity contribution in [2.45, 2.75) is 12.7 Å². The number of nitrogens with two attached hydrogens (primary N) is 1. The van der Waals surface area contributed by atoms with Crippen molar-refractivity contribution in [3.63, 3.8) is 0 Å². The van der Waals surface area contributed by atoms with Crippen LogP contribution in [0.25, 0.3) is 11.0 Å². The normalized spacial score (nSPS) is 12.3. The van der Waals surface area contributed by atoms with Gasteiger partial charge in [-0.15, -0.1) is 0 Å². The molecule has 0 bridgehead atoms. The number of hydrogen-bond donors (Lipinski definition) is 1. The second-order valence-corrected chi connectivity index (χ2v) is 3.53. The van der Waals surface area contributed by atoms with Crippen LogP contribution < -0.4 is 5.73 Å². The van der Waals surface area contributed by atoms with Crippen LogP contribution in [0.3, 0.4) is 0 Å². The van der Waals surface area contributed by atoms with E-state index in [4.69, 9.17) is 5.73 Å². The molecule has 16 heavy (non-hydrogen) atoms. The molecule has 6 heteroatoms. The van der Waals surface area contributed by atoms with E-state index >= 15 is 0 Å². The van der Waals surface area contributed by atoms with E-state index < -0.39 is 11.7 Å². The molecule has 0 fully saturated rings. The first-order chi connectivity index (χ1) is 7.43. The molecule has 0 aliphatic heterocycles. The first kappa shape index (κ1) is 10.9. The van der Waals surface area contributed by atoms with Crippen molar-refractivity contribution in [2.75, 3.05) is 0 Å². The summed E-state index contributed by atoms with van der Waals surface area (Å²) in [5, 5.41) is 0.456. The molecule has 0 aliphatic carbocycles. The van der Waals surface area contributed by atoms with Crippen LogP contribution in [0.5, 0.6) is 0 Å². The van der Waals surface area contributed by atoms with Gasteiger partial charge in [-0.25, -0.2) is 4.98 Å². The van der Waals surface area contributed by atoms with Gasteiger partial charge in [0.05, 0.1) is 5.56 Å². The largest absolute Gasteiger partial charge is 0.417 e. The van der Waals surface area contributed by atoms with Crippen LogP contribution in [0.2, 0.25) is 0 Å². The average Bonchev–Trinajstić information content (AvgIpc) is 2.54. The molecule has 0 saturated carbocycles. The lowest BCUT2D eigenvalue weighted by atomic mass is 10.2. The first-order valence-corrected chi connectivity index (χ1v) is 4.65. The van der Waals surface area contributed by atoms with Gasteiger partial charge in [-0.1, -0.05) is 0 Å². The number of aromatic nitrogens is 2. The van der Waals surface area contributed by atoms with Gasteiger partial charge in [-0.3, -0.25) is 0 Å². The minimum atomic E-state index is -4.36. The summed E-state index contributed by atoms with van der Waals surface area (Å²) in [4.78, 5) is 3.80. The quantitative estimate of drug-likeness (QED) is 0.813. The van der Waals surface area contributed by atoms with Crippen molar-refractivity contribution in [1.29, 1.82) is 0 Å². The van der Waals surface area contributed by atoms with E-state index in [-0.39, 0.29) is 6.54 Å². The van der Waals surface area contributed by atoms with Gasteiger partial charge in [0.15, 0.2) is 0 Å². The fraction of sp³-hybridized carbons (Fsp3) is 0.300. The summed E-state index contributed by atoms with van der Waals surface area (Å²) in [6.45, 7) is 0.272. The molecule has 3 nitrogen and oxygen atoms in total. The molecule has 0 atom stereocenters. The van der Waals surface area contributed by atoms with Gasteiger partial charge < -0.3 is 10.3 Å². The van der Waals surface area contributed by atoms with Crippen molar-refractivity contribution >= 4 is 11.0 Å². The Morgan fingerprint density at radius 1 is 1.38 bits per heavy atom. The molecule has 0 radical (unpaired) electrons. The van der Waals surface area contributed by atoms with E-state index in [9.17, 15) is 13.2 Å². The molecular formula is C10H10F3N3. The Morgan fingerprint density at radius 3 is 2.62 bits per heavy atom. The third-order valence-corrected chi connectivity index (χ3v) is 2.50. The third-order valence-electron chi connectivity index (χ3n) is 2.50. The summed E-state index contributed by atoms with van der Waals surface area (Å²) in [6, 6.07) is 2.71. The number of halogens is 3. The maximum Gasteiger partial charge on any atom is 0.417 e. The summed E-state index contributed by atoms with van der Waals surface area (Å²) in [6.07, 6.45) is -3.53. The number of fused-ring (bicyclic) bond motifs is 1. The van der Waals surface area contributed by atoms with Gasteiger partial charge in [0, 0.05) is 30.9 Å². The highest BCUT2D eigenvalue weighted by Gasteiger charge is 2.31. The minimum absolute atomic E-state index is 0.272. The summed E-state index contributed by atoms with van der Waals surface area (Å²) < 4.78 is 39.0. The number of nitrogens with zero attached hydrogens (tertiary/aromatic N) is 2. The molecule has 2 aromatic rings. The molecule has 2 aromatic heterocycles. The Bertz CT molecular complexity index is 528. The summed E-state index contributed by atoms with van der Waals surface area (Å²) in [5.41, 5.74) is 5.99. The number of hydrogen-bond acceptors (Lipinski definition) is 2. The fourth-order valence-electron chi connectivity index (χ4n) is 1.62. The highest BCUT2D eigenvalue weighted by molar-refractivity contribution is 5.78. The van der Waals surface area contributed by atoms with Crippen LogP contribution in [0.4, 0.5) is 13.2 Å². The van der Waals surface area contributed by atoms with E-state index in [1.165, 1.54) is 0 Å². The van der Waals surface area contributed by atoms with Crippen molar-refractivity contribution in [1.82, 2.24) is 9.55 Å². The molecule has 0 amide bonds. The second-order valence-electron chi connectivity index (χ2n) is 3.53. The Balaban J connectivity index is 2.64. The van der Waals surface area contributed by atoms with Crippen LogP contribution in [-0.4, -0.2) is 9.55 Å². The zero-order valence-corrected chi connectivity index (χ0v) is 8.54. The average molecular weight is 229 g/mol. The number of rotatable bonds is 1. The van der Waals surface area contributed by atoms with Gasteiger partial charge in [-0.05, 0) is 12.1 Å². The maximum atomic E-state index is 12.4. The van der Waals surface area contributed by atoms with E-state index in [0.717, 1.165) is 18.0 Å². The lowest BCUT2D eigenvalue weighted by Gasteiger charge is -2.05. The SMILES string of the molecule is Cn1c(CN)cc2cc(C(F)(F)F)cnc21. The van der Waals surface area contributed by atoms with Gasteiger partial charge in [-0.2, -0.15) is 13.2 Å². The molecule has 0 aromatic carbocycles. The van der Waals surface area contributed by atoms with E-state index in [1.54, 1.807) is 17.7 Å². The standard InChI is InChI=1S/C10H10F3N3/c1-16-8(4-14)3-6-2-7(10(11,12)13)5-15-9(6)16/h2-3,5H,4,14H2,1H3. The Labute approximate surface area is 89.7 Å². The van der Waals surface area contributed by atoms with Crippen LogP contribution in [-0.2, 0) is 19.8 Å². The minimum Gasteiger partial charge on any atom is -0.331 e. The zero-order chi connectivity index (χ0) is 11.9. The molecule has 2 N–H and O–H groups in total. The van der Waals surface area contributed by atoms with Crippen molar-refractivity contribution < 1.29 is 13.2 Å². The first-order valence-electron chi connectivity index (χ1n) is 4.65. The monoisotopic (exact) mass is 229 g/mol. The van der Waals surface area contributed by atoms with Gasteiger partial charge in [0.1, 0.15) is 5.65 Å². The summed E-state index contributed by atoms with van der Waals surface area (Å²) in [5.74, 6) is 0. The van der Waals surface area contributed by atoms with Crippen molar-refractivity contribution in [2.24, 2.45) is 12.8 Å². The molecule has 0 saturated heterocycles. The third kappa shape index (κ3) is 1.65. The summed E-state index contributed by atoms with van der Waals surface area (Å²) >= 11 is 0. The highest BCUT2D eigenvalue weighted by Crippen LogP contribution is 2.30. The fourth-order valence-corrected chi connectivity index (χ4v) is 1.62. The predicted octanol–water partition coefficient (Wildman–Crippen LogP) is 2.05. The molecule has 0 unspecified atom stereocenters. The van der Waals surface area contributed by atoms with Crippen LogP contribution >= 0.6 is 0 Å². The van der Waals surface area contributed by atoms with Crippen LogP contribution in [0.1, 0.15) is 11.3 Å². The van der Waals surface area contributed by atoms with Crippen molar-refractivity contribution in [3.05, 3.63) is 29.6 Å². The lowest BCUT2D eigenvalue weighted by molar-refractivity contribution is -0.137. The Hall–Kier alpha value is -1.56. The Morgan fingerprint density at radius 2 is 2.06 bits per heavy atom. The number of pyridine rings is 1. The predicted molar refractivity (Wildman–Crippen MR) is 53.6 cm³/mol. The Kier molecular flexibility index (Phi) is 2.38. The molecule has 2 rings (SSSR count). The van der Waals surface area contributed by atoms with Gasteiger partial charge in [0.25, 0.3) is 0 Å². The van der Waals surface area contributed by atoms with E-state index in [0.29, 0.717) is 11.0 Å². The molecule has 86 valence electrons. The smallest absolute Gasteiger partial charge is 0.331 e. The van der Waals surface area contributed by atoms with E-state index in [1.807, 2.05) is 0 Å². The van der Waals surface area contributed by atoms with Crippen molar-refractivity contribution in [3.8, 4) is 0 Å². The maximum absolute atomic E-state index is 12.4. The number of alkyl halides is 3. The topological polar surface area (TPSA) is 43.8 Å². The van der Waals surface area contributed by atoms with Gasteiger partial charge in [0.2, 0.25) is 0 Å². The lowest BCUT2D eigenvalue weighted by Crippen LogP contribution is -2.06.